The highest BCUT2D eigenvalue weighted by Crippen LogP contribution is 2.29. The predicted octanol–water partition coefficient (Wildman–Crippen LogP) is 5.57. The van der Waals surface area contributed by atoms with Gasteiger partial charge in [-0.15, -0.1) is 0 Å². The summed E-state index contributed by atoms with van der Waals surface area (Å²) < 4.78 is 0. The minimum absolute atomic E-state index is 0.175. The van der Waals surface area contributed by atoms with E-state index in [1.54, 1.807) is 41.4 Å². The third kappa shape index (κ3) is 4.49. The van der Waals surface area contributed by atoms with Crippen LogP contribution in [0.15, 0.2) is 115 Å². The van der Waals surface area contributed by atoms with E-state index in [0.29, 0.717) is 29.7 Å². The summed E-state index contributed by atoms with van der Waals surface area (Å²) in [6, 6.07) is 35.3. The Balaban J connectivity index is 1.45. The normalized spacial score (nSPS) is 12.4. The van der Waals surface area contributed by atoms with E-state index in [1.807, 2.05) is 83.9 Å². The van der Waals surface area contributed by atoms with Crippen molar-refractivity contribution in [3.05, 3.63) is 132 Å². The van der Waals surface area contributed by atoms with Crippen LogP contribution in [0.4, 0.5) is 11.4 Å². The van der Waals surface area contributed by atoms with Crippen LogP contribution >= 0.6 is 0 Å². The second kappa shape index (κ2) is 10.3. The maximum absolute atomic E-state index is 13.8. The molecule has 5 rings (SSSR count). The number of amides is 3. The number of nitrogens with zero attached hydrogens (tertiary/aromatic N) is 3. The Kier molecular flexibility index (Phi) is 6.58. The zero-order valence-electron chi connectivity index (χ0n) is 19.7. The molecule has 4 aromatic carbocycles. The monoisotopic (exact) mass is 475 g/mol. The molecule has 0 bridgehead atoms. The number of hydrogen-bond acceptors (Lipinski definition) is 4. The van der Waals surface area contributed by atoms with Crippen molar-refractivity contribution in [1.29, 1.82) is 0 Å². The smallest absolute Gasteiger partial charge is 0.272 e. The maximum Gasteiger partial charge on any atom is 0.272 e. The van der Waals surface area contributed by atoms with Gasteiger partial charge in [0.1, 0.15) is 0 Å². The second-order valence-corrected chi connectivity index (χ2v) is 8.44. The molecule has 4 aromatic rings. The molecule has 36 heavy (non-hydrogen) atoms. The highest BCUT2D eigenvalue weighted by molar-refractivity contribution is 6.21. The largest absolute Gasteiger partial charge is 0.274 e. The predicted molar refractivity (Wildman–Crippen MR) is 139 cm³/mol. The van der Waals surface area contributed by atoms with E-state index < -0.39 is 0 Å². The molecule has 1 aliphatic rings. The van der Waals surface area contributed by atoms with Gasteiger partial charge in [-0.25, -0.2) is 5.01 Å². The van der Waals surface area contributed by atoms with E-state index >= 15 is 0 Å². The Morgan fingerprint density at radius 2 is 1.06 bits per heavy atom. The highest BCUT2D eigenvalue weighted by Gasteiger charge is 2.35. The fraction of sp³-hybridized carbons (Fsp3) is 0.100. The molecule has 0 atom stereocenters. The number of benzene rings is 4. The number of para-hydroxylation sites is 2. The Bertz CT molecular complexity index is 1300. The molecule has 0 saturated carbocycles. The zero-order valence-corrected chi connectivity index (χ0v) is 19.7. The van der Waals surface area contributed by atoms with Crippen LogP contribution in [0.2, 0.25) is 0 Å². The lowest BCUT2D eigenvalue weighted by atomic mass is 10.1. The van der Waals surface area contributed by atoms with E-state index in [4.69, 9.17) is 0 Å². The maximum atomic E-state index is 13.8. The second-order valence-electron chi connectivity index (χ2n) is 8.44. The number of rotatable bonds is 8. The summed E-state index contributed by atoms with van der Waals surface area (Å²) in [5.41, 5.74) is 3.06. The van der Waals surface area contributed by atoms with Crippen LogP contribution in [0.25, 0.3) is 0 Å². The molecule has 3 amide bonds. The quantitative estimate of drug-likeness (QED) is 0.247. The minimum atomic E-state index is -0.292. The summed E-state index contributed by atoms with van der Waals surface area (Å²) in [6.07, 6.45) is 0.417. The van der Waals surface area contributed by atoms with E-state index in [2.05, 4.69) is 0 Å². The molecule has 0 saturated heterocycles. The van der Waals surface area contributed by atoms with Crippen molar-refractivity contribution in [3.63, 3.8) is 0 Å². The summed E-state index contributed by atoms with van der Waals surface area (Å²) in [5.74, 6) is -0.760. The third-order valence-electron chi connectivity index (χ3n) is 6.13. The lowest BCUT2D eigenvalue weighted by Crippen LogP contribution is -2.45. The van der Waals surface area contributed by atoms with Crippen molar-refractivity contribution in [2.75, 3.05) is 18.1 Å². The number of hydrazine groups is 1. The van der Waals surface area contributed by atoms with E-state index in [1.165, 1.54) is 4.90 Å². The fourth-order valence-corrected chi connectivity index (χ4v) is 4.41. The molecule has 0 N–H and O–H groups in total. The number of imide groups is 1. The summed E-state index contributed by atoms with van der Waals surface area (Å²) in [6.45, 7) is 0.507. The van der Waals surface area contributed by atoms with Gasteiger partial charge in [0, 0.05) is 18.7 Å². The topological polar surface area (TPSA) is 60.9 Å². The van der Waals surface area contributed by atoms with Crippen LogP contribution in [-0.2, 0) is 0 Å². The first-order chi connectivity index (χ1) is 17.6. The fourth-order valence-electron chi connectivity index (χ4n) is 4.41. The Morgan fingerprint density at radius 3 is 1.56 bits per heavy atom. The van der Waals surface area contributed by atoms with E-state index in [-0.39, 0.29) is 24.3 Å². The van der Waals surface area contributed by atoms with Crippen molar-refractivity contribution >= 4 is 29.1 Å². The summed E-state index contributed by atoms with van der Waals surface area (Å²) in [7, 11) is 0. The average molecular weight is 476 g/mol. The van der Waals surface area contributed by atoms with Crippen LogP contribution in [0.3, 0.4) is 0 Å². The molecule has 1 heterocycles. The van der Waals surface area contributed by atoms with Crippen molar-refractivity contribution < 1.29 is 14.4 Å². The Hall–Kier alpha value is -4.71. The first-order valence-corrected chi connectivity index (χ1v) is 11.9. The third-order valence-corrected chi connectivity index (χ3v) is 6.13. The first-order valence-electron chi connectivity index (χ1n) is 11.9. The molecule has 0 unspecified atom stereocenters. The van der Waals surface area contributed by atoms with E-state index in [9.17, 15) is 14.4 Å². The first kappa shape index (κ1) is 23.1. The molecule has 0 aliphatic carbocycles. The number of carbonyl (C=O) groups is 3. The van der Waals surface area contributed by atoms with Gasteiger partial charge in [0.2, 0.25) is 0 Å². The van der Waals surface area contributed by atoms with Gasteiger partial charge in [-0.3, -0.25) is 24.3 Å². The number of hydrogen-bond donors (Lipinski definition) is 0. The molecule has 0 fully saturated rings. The standard InChI is InChI=1S/C30H25N3O3/c34-28(23-13-4-1-5-14-23)32(33(24-15-6-2-7-16-24)25-17-8-3-9-18-25)22-12-21-31-29(35)26-19-10-11-20-27(26)30(31)36/h1-11,13-20H,12,21-22H2. The summed E-state index contributed by atoms with van der Waals surface area (Å²) >= 11 is 0. The average Bonchev–Trinajstić information content (AvgIpc) is 3.18. The Morgan fingerprint density at radius 1 is 0.611 bits per heavy atom. The van der Waals surface area contributed by atoms with Crippen molar-refractivity contribution in [3.8, 4) is 0 Å². The summed E-state index contributed by atoms with van der Waals surface area (Å²) in [4.78, 5) is 40.7. The van der Waals surface area contributed by atoms with Gasteiger partial charge < -0.3 is 0 Å². The lowest BCUT2D eigenvalue weighted by Gasteiger charge is -2.37. The van der Waals surface area contributed by atoms with Crippen LogP contribution < -0.4 is 5.01 Å². The molecular formula is C30H25N3O3. The van der Waals surface area contributed by atoms with Gasteiger partial charge in [0.15, 0.2) is 0 Å². The molecule has 6 heteroatoms. The molecular weight excluding hydrogens is 450 g/mol. The van der Waals surface area contributed by atoms with Gasteiger partial charge in [0.05, 0.1) is 22.5 Å². The lowest BCUT2D eigenvalue weighted by molar-refractivity contribution is 0.0642. The highest BCUT2D eigenvalue weighted by atomic mass is 16.2. The molecule has 178 valence electrons. The minimum Gasteiger partial charge on any atom is -0.274 e. The van der Waals surface area contributed by atoms with Crippen molar-refractivity contribution in [2.45, 2.75) is 6.42 Å². The van der Waals surface area contributed by atoms with Crippen molar-refractivity contribution in [1.82, 2.24) is 9.91 Å². The SMILES string of the molecule is O=C1c2ccccc2C(=O)N1CCCN(C(=O)c1ccccc1)N(c1ccccc1)c1ccccc1. The zero-order chi connectivity index (χ0) is 24.9. The van der Waals surface area contributed by atoms with Gasteiger partial charge in [-0.2, -0.15) is 0 Å². The molecule has 0 aromatic heterocycles. The number of carbonyl (C=O) groups excluding carboxylic acids is 3. The van der Waals surface area contributed by atoms with Crippen LogP contribution in [0, 0.1) is 0 Å². The summed E-state index contributed by atoms with van der Waals surface area (Å²) in [5, 5.41) is 3.57. The molecule has 6 nitrogen and oxygen atoms in total. The molecule has 0 radical (unpaired) electrons. The van der Waals surface area contributed by atoms with Crippen molar-refractivity contribution in [2.24, 2.45) is 0 Å². The molecule has 0 spiro atoms. The number of fused-ring (bicyclic) bond motifs is 1. The van der Waals surface area contributed by atoms with Gasteiger partial charge in [0.25, 0.3) is 17.7 Å². The Labute approximate surface area is 210 Å². The van der Waals surface area contributed by atoms with Crippen LogP contribution in [0.1, 0.15) is 37.5 Å². The van der Waals surface area contributed by atoms with Gasteiger partial charge in [-0.1, -0.05) is 66.7 Å². The van der Waals surface area contributed by atoms with Crippen LogP contribution in [-0.4, -0.2) is 40.7 Å². The van der Waals surface area contributed by atoms with Crippen LogP contribution in [0.5, 0.6) is 0 Å². The van der Waals surface area contributed by atoms with Gasteiger partial charge in [-0.05, 0) is 55.0 Å². The number of anilines is 2. The van der Waals surface area contributed by atoms with Gasteiger partial charge >= 0.3 is 0 Å². The van der Waals surface area contributed by atoms with E-state index in [0.717, 1.165) is 11.4 Å². The molecule has 1 aliphatic heterocycles.